The van der Waals surface area contributed by atoms with E-state index in [1.165, 1.54) is 12.3 Å². The molecule has 0 aliphatic rings. The van der Waals surface area contributed by atoms with Gasteiger partial charge in [-0.15, -0.1) is 0 Å². The van der Waals surface area contributed by atoms with Gasteiger partial charge >= 0.3 is 0 Å². The third-order valence-corrected chi connectivity index (χ3v) is 2.86. The Morgan fingerprint density at radius 1 is 1.17 bits per heavy atom. The van der Waals surface area contributed by atoms with Crippen molar-refractivity contribution >= 4 is 0 Å². The molecule has 4 heteroatoms. The number of hydrogen-bond acceptors (Lipinski definition) is 3. The largest absolute Gasteiger partial charge is 0.302 e. The molecule has 0 bridgehead atoms. The maximum atomic E-state index is 13.1. The van der Waals surface area contributed by atoms with Crippen LogP contribution in [0.25, 0.3) is 0 Å². The van der Waals surface area contributed by atoms with E-state index in [1.54, 1.807) is 12.4 Å². The lowest BCUT2D eigenvalue weighted by atomic mass is 10.1. The SMILES string of the molecule is CC(NC(C)c1ccccn1)c1cncc(F)c1. The minimum atomic E-state index is -0.313. The van der Waals surface area contributed by atoms with Crippen molar-refractivity contribution in [3.8, 4) is 0 Å². The molecule has 2 rings (SSSR count). The van der Waals surface area contributed by atoms with Crippen LogP contribution in [-0.2, 0) is 0 Å². The van der Waals surface area contributed by atoms with Crippen molar-refractivity contribution in [2.24, 2.45) is 0 Å². The summed E-state index contributed by atoms with van der Waals surface area (Å²) in [7, 11) is 0. The molecule has 0 amide bonds. The fourth-order valence-electron chi connectivity index (χ4n) is 1.85. The van der Waals surface area contributed by atoms with Gasteiger partial charge in [0.1, 0.15) is 5.82 Å². The summed E-state index contributed by atoms with van der Waals surface area (Å²) in [4.78, 5) is 8.15. The third-order valence-electron chi connectivity index (χ3n) is 2.86. The Hall–Kier alpha value is -1.81. The van der Waals surface area contributed by atoms with E-state index in [-0.39, 0.29) is 17.9 Å². The normalized spacial score (nSPS) is 14.2. The van der Waals surface area contributed by atoms with Gasteiger partial charge in [-0.25, -0.2) is 4.39 Å². The minimum Gasteiger partial charge on any atom is -0.302 e. The molecule has 0 radical (unpaired) electrons. The van der Waals surface area contributed by atoms with Gasteiger partial charge < -0.3 is 5.32 Å². The number of hydrogen-bond donors (Lipinski definition) is 1. The summed E-state index contributed by atoms with van der Waals surface area (Å²) < 4.78 is 13.1. The maximum Gasteiger partial charge on any atom is 0.141 e. The third kappa shape index (κ3) is 3.11. The highest BCUT2D eigenvalue weighted by molar-refractivity contribution is 5.16. The highest BCUT2D eigenvalue weighted by Crippen LogP contribution is 2.17. The lowest BCUT2D eigenvalue weighted by Gasteiger charge is -2.19. The predicted octanol–water partition coefficient (Wildman–Crippen LogP) is 3.03. The van der Waals surface area contributed by atoms with Crippen molar-refractivity contribution in [3.05, 3.63) is 59.9 Å². The van der Waals surface area contributed by atoms with Crippen LogP contribution in [0, 0.1) is 5.82 Å². The van der Waals surface area contributed by atoms with Crippen molar-refractivity contribution < 1.29 is 4.39 Å². The van der Waals surface area contributed by atoms with Gasteiger partial charge in [-0.05, 0) is 37.6 Å². The van der Waals surface area contributed by atoms with E-state index in [0.29, 0.717) is 0 Å². The van der Waals surface area contributed by atoms with Crippen LogP contribution in [-0.4, -0.2) is 9.97 Å². The number of rotatable bonds is 4. The van der Waals surface area contributed by atoms with Crippen LogP contribution in [0.1, 0.15) is 37.2 Å². The van der Waals surface area contributed by atoms with Crippen molar-refractivity contribution in [1.29, 1.82) is 0 Å². The first-order chi connectivity index (χ1) is 8.66. The number of pyridine rings is 2. The predicted molar refractivity (Wildman–Crippen MR) is 68.4 cm³/mol. The summed E-state index contributed by atoms with van der Waals surface area (Å²) in [5, 5.41) is 3.37. The molecule has 2 aromatic rings. The van der Waals surface area contributed by atoms with Crippen LogP contribution in [0.4, 0.5) is 4.39 Å². The number of nitrogens with zero attached hydrogens (tertiary/aromatic N) is 2. The summed E-state index contributed by atoms with van der Waals surface area (Å²) in [5.74, 6) is -0.313. The smallest absolute Gasteiger partial charge is 0.141 e. The van der Waals surface area contributed by atoms with E-state index in [9.17, 15) is 4.39 Å². The van der Waals surface area contributed by atoms with E-state index < -0.39 is 0 Å². The molecule has 1 N–H and O–H groups in total. The first-order valence-corrected chi connectivity index (χ1v) is 5.94. The first kappa shape index (κ1) is 12.6. The second kappa shape index (κ2) is 5.69. The van der Waals surface area contributed by atoms with Crippen LogP contribution < -0.4 is 5.32 Å². The maximum absolute atomic E-state index is 13.1. The van der Waals surface area contributed by atoms with Gasteiger partial charge in [0.05, 0.1) is 11.9 Å². The molecule has 2 atom stereocenters. The van der Waals surface area contributed by atoms with Gasteiger partial charge in [-0.2, -0.15) is 0 Å². The minimum absolute atomic E-state index is 0.0187. The van der Waals surface area contributed by atoms with E-state index in [2.05, 4.69) is 15.3 Å². The molecule has 0 saturated carbocycles. The molecule has 0 aliphatic carbocycles. The molecule has 0 spiro atoms. The van der Waals surface area contributed by atoms with Gasteiger partial charge in [0.25, 0.3) is 0 Å². The topological polar surface area (TPSA) is 37.8 Å². The average Bonchev–Trinajstić information content (AvgIpc) is 2.39. The van der Waals surface area contributed by atoms with Crippen LogP contribution in [0.3, 0.4) is 0 Å². The second-order valence-electron chi connectivity index (χ2n) is 4.30. The second-order valence-corrected chi connectivity index (χ2v) is 4.30. The Balaban J connectivity index is 2.05. The van der Waals surface area contributed by atoms with Crippen molar-refractivity contribution in [2.45, 2.75) is 25.9 Å². The summed E-state index contributed by atoms with van der Waals surface area (Å²) in [5.41, 5.74) is 1.80. The van der Waals surface area contributed by atoms with Gasteiger partial charge in [0, 0.05) is 24.5 Å². The van der Waals surface area contributed by atoms with Gasteiger partial charge in [0.15, 0.2) is 0 Å². The van der Waals surface area contributed by atoms with Crippen LogP contribution in [0.2, 0.25) is 0 Å². The van der Waals surface area contributed by atoms with E-state index in [0.717, 1.165) is 11.3 Å². The Morgan fingerprint density at radius 3 is 2.67 bits per heavy atom. The van der Waals surface area contributed by atoms with Crippen LogP contribution in [0.5, 0.6) is 0 Å². The zero-order valence-electron chi connectivity index (χ0n) is 10.5. The molecule has 0 saturated heterocycles. The van der Waals surface area contributed by atoms with Gasteiger partial charge in [-0.3, -0.25) is 9.97 Å². The quantitative estimate of drug-likeness (QED) is 0.899. The molecular weight excluding hydrogens is 229 g/mol. The Kier molecular flexibility index (Phi) is 3.99. The Morgan fingerprint density at radius 2 is 2.00 bits per heavy atom. The number of aromatic nitrogens is 2. The van der Waals surface area contributed by atoms with Crippen molar-refractivity contribution in [1.82, 2.24) is 15.3 Å². The molecule has 2 unspecified atom stereocenters. The lowest BCUT2D eigenvalue weighted by Crippen LogP contribution is -2.23. The first-order valence-electron chi connectivity index (χ1n) is 5.94. The van der Waals surface area contributed by atoms with Crippen LogP contribution >= 0.6 is 0 Å². The Bertz CT molecular complexity index is 501. The highest BCUT2D eigenvalue weighted by Gasteiger charge is 2.12. The standard InChI is InChI=1S/C14H16FN3/c1-10(12-7-13(15)9-16-8-12)18-11(2)14-5-3-4-6-17-14/h3-11,18H,1-2H3. The molecule has 2 aromatic heterocycles. The number of halogens is 1. The van der Waals surface area contributed by atoms with Crippen molar-refractivity contribution in [3.63, 3.8) is 0 Å². The van der Waals surface area contributed by atoms with E-state index in [1.807, 2.05) is 32.0 Å². The zero-order valence-corrected chi connectivity index (χ0v) is 10.5. The molecule has 3 nitrogen and oxygen atoms in total. The van der Waals surface area contributed by atoms with Crippen molar-refractivity contribution in [2.75, 3.05) is 0 Å². The van der Waals surface area contributed by atoms with E-state index in [4.69, 9.17) is 0 Å². The molecule has 0 aromatic carbocycles. The molecular formula is C14H16FN3. The average molecular weight is 245 g/mol. The van der Waals surface area contributed by atoms with E-state index >= 15 is 0 Å². The molecule has 0 fully saturated rings. The van der Waals surface area contributed by atoms with Crippen LogP contribution in [0.15, 0.2) is 42.9 Å². The summed E-state index contributed by atoms with van der Waals surface area (Å²) in [6, 6.07) is 7.42. The highest BCUT2D eigenvalue weighted by atomic mass is 19.1. The summed E-state index contributed by atoms with van der Waals surface area (Å²) >= 11 is 0. The molecule has 18 heavy (non-hydrogen) atoms. The fourth-order valence-corrected chi connectivity index (χ4v) is 1.85. The summed E-state index contributed by atoms with van der Waals surface area (Å²) in [6.07, 6.45) is 4.65. The lowest BCUT2D eigenvalue weighted by molar-refractivity contribution is 0.482. The fraction of sp³-hybridized carbons (Fsp3) is 0.286. The molecule has 94 valence electrons. The van der Waals surface area contributed by atoms with Gasteiger partial charge in [-0.1, -0.05) is 6.07 Å². The molecule has 0 aliphatic heterocycles. The number of nitrogens with one attached hydrogen (secondary N) is 1. The Labute approximate surface area is 106 Å². The molecule has 2 heterocycles. The zero-order chi connectivity index (χ0) is 13.0. The summed E-state index contributed by atoms with van der Waals surface area (Å²) in [6.45, 7) is 4.02. The monoisotopic (exact) mass is 245 g/mol. The van der Waals surface area contributed by atoms with Gasteiger partial charge in [0.2, 0.25) is 0 Å².